The molecule has 0 bridgehead atoms. The minimum absolute atomic E-state index is 0.0607. The molecule has 5 rings (SSSR count). The third-order valence-corrected chi connectivity index (χ3v) is 6.01. The third kappa shape index (κ3) is 5.11. The van der Waals surface area contributed by atoms with Crippen LogP contribution >= 0.6 is 0 Å². The maximum atomic E-state index is 13.5. The number of hydrogen-bond donors (Lipinski definition) is 0. The SMILES string of the molecule is Fc1ccc(-c2cc(N3CCN(c4ncccc4C(F)(F)F)CC3)nc(N3CCOCC3)n2)cn1. The molecule has 2 saturated heterocycles. The first-order valence-corrected chi connectivity index (χ1v) is 11.2. The number of rotatable bonds is 4. The van der Waals surface area contributed by atoms with E-state index in [-0.39, 0.29) is 5.82 Å². The van der Waals surface area contributed by atoms with Gasteiger partial charge in [-0.15, -0.1) is 0 Å². The Balaban J connectivity index is 1.41. The van der Waals surface area contributed by atoms with Gasteiger partial charge < -0.3 is 19.4 Å². The summed E-state index contributed by atoms with van der Waals surface area (Å²) in [7, 11) is 0. The molecule has 5 heterocycles. The number of halogens is 4. The van der Waals surface area contributed by atoms with Crippen LogP contribution in [0.2, 0.25) is 0 Å². The molecule has 3 aromatic rings. The second-order valence-electron chi connectivity index (χ2n) is 8.23. The molecule has 2 aliphatic heterocycles. The first kappa shape index (κ1) is 23.2. The van der Waals surface area contributed by atoms with Crippen molar-refractivity contribution in [3.63, 3.8) is 0 Å². The highest BCUT2D eigenvalue weighted by Crippen LogP contribution is 2.35. The zero-order chi connectivity index (χ0) is 24.4. The van der Waals surface area contributed by atoms with Crippen LogP contribution in [-0.4, -0.2) is 72.4 Å². The highest BCUT2D eigenvalue weighted by Gasteiger charge is 2.36. The summed E-state index contributed by atoms with van der Waals surface area (Å²) < 4.78 is 59.2. The van der Waals surface area contributed by atoms with E-state index in [1.165, 1.54) is 24.5 Å². The minimum Gasteiger partial charge on any atom is -0.378 e. The maximum Gasteiger partial charge on any atom is 0.419 e. The van der Waals surface area contributed by atoms with Gasteiger partial charge in [-0.05, 0) is 24.3 Å². The van der Waals surface area contributed by atoms with Crippen LogP contribution in [0.25, 0.3) is 11.3 Å². The molecule has 35 heavy (non-hydrogen) atoms. The summed E-state index contributed by atoms with van der Waals surface area (Å²) in [5, 5.41) is 0. The molecular weight excluding hydrogens is 466 g/mol. The summed E-state index contributed by atoms with van der Waals surface area (Å²) in [6.07, 6.45) is -1.68. The van der Waals surface area contributed by atoms with Crippen molar-refractivity contribution in [1.29, 1.82) is 0 Å². The van der Waals surface area contributed by atoms with Gasteiger partial charge in [0.05, 0.1) is 24.5 Å². The van der Waals surface area contributed by atoms with Crippen molar-refractivity contribution < 1.29 is 22.3 Å². The van der Waals surface area contributed by atoms with Crippen LogP contribution in [0.15, 0.2) is 42.7 Å². The van der Waals surface area contributed by atoms with Crippen molar-refractivity contribution in [3.8, 4) is 11.3 Å². The lowest BCUT2D eigenvalue weighted by Gasteiger charge is -2.37. The lowest BCUT2D eigenvalue weighted by molar-refractivity contribution is -0.137. The van der Waals surface area contributed by atoms with Gasteiger partial charge in [0.1, 0.15) is 11.6 Å². The van der Waals surface area contributed by atoms with Crippen molar-refractivity contribution in [1.82, 2.24) is 19.9 Å². The Morgan fingerprint density at radius 1 is 0.829 bits per heavy atom. The van der Waals surface area contributed by atoms with E-state index in [0.717, 1.165) is 6.07 Å². The Bertz CT molecular complexity index is 1160. The number of piperazine rings is 1. The van der Waals surface area contributed by atoms with E-state index < -0.39 is 17.7 Å². The van der Waals surface area contributed by atoms with E-state index in [9.17, 15) is 17.6 Å². The molecule has 0 atom stereocenters. The van der Waals surface area contributed by atoms with Gasteiger partial charge >= 0.3 is 6.18 Å². The molecule has 0 unspecified atom stereocenters. The topological polar surface area (TPSA) is 70.5 Å². The summed E-state index contributed by atoms with van der Waals surface area (Å²) in [4.78, 5) is 22.9. The molecule has 0 N–H and O–H groups in total. The summed E-state index contributed by atoms with van der Waals surface area (Å²) in [5.74, 6) is 0.531. The van der Waals surface area contributed by atoms with Gasteiger partial charge in [-0.3, -0.25) is 0 Å². The van der Waals surface area contributed by atoms with Crippen molar-refractivity contribution in [3.05, 3.63) is 54.2 Å². The molecular formula is C23H23F4N7O. The van der Waals surface area contributed by atoms with E-state index in [2.05, 4.69) is 15.0 Å². The number of nitrogens with zero attached hydrogens (tertiary/aromatic N) is 7. The smallest absolute Gasteiger partial charge is 0.378 e. The molecule has 12 heteroatoms. The molecule has 0 aromatic carbocycles. The Morgan fingerprint density at radius 2 is 1.57 bits per heavy atom. The zero-order valence-corrected chi connectivity index (χ0v) is 18.7. The monoisotopic (exact) mass is 489 g/mol. The number of anilines is 3. The molecule has 0 aliphatic carbocycles. The fraction of sp³-hybridized carbons (Fsp3) is 0.391. The average Bonchev–Trinajstić information content (AvgIpc) is 2.89. The third-order valence-electron chi connectivity index (χ3n) is 6.01. The number of morpholine rings is 1. The molecule has 8 nitrogen and oxygen atoms in total. The van der Waals surface area contributed by atoms with Gasteiger partial charge in [-0.2, -0.15) is 22.5 Å². The van der Waals surface area contributed by atoms with Gasteiger partial charge in [0, 0.05) is 63.3 Å². The van der Waals surface area contributed by atoms with Crippen molar-refractivity contribution in [2.45, 2.75) is 6.18 Å². The molecule has 3 aromatic heterocycles. The van der Waals surface area contributed by atoms with Gasteiger partial charge in [0.15, 0.2) is 0 Å². The molecule has 0 spiro atoms. The quantitative estimate of drug-likeness (QED) is 0.409. The van der Waals surface area contributed by atoms with Crippen LogP contribution in [0.5, 0.6) is 0 Å². The lowest BCUT2D eigenvalue weighted by Crippen LogP contribution is -2.48. The van der Waals surface area contributed by atoms with E-state index in [1.807, 2.05) is 9.80 Å². The number of pyridine rings is 2. The fourth-order valence-corrected chi connectivity index (χ4v) is 4.18. The van der Waals surface area contributed by atoms with E-state index in [4.69, 9.17) is 9.72 Å². The van der Waals surface area contributed by atoms with Crippen LogP contribution in [0.1, 0.15) is 5.56 Å². The summed E-state index contributed by atoms with van der Waals surface area (Å²) in [6.45, 7) is 4.00. The van der Waals surface area contributed by atoms with E-state index in [0.29, 0.717) is 75.5 Å². The molecule has 0 amide bonds. The summed E-state index contributed by atoms with van der Waals surface area (Å²) >= 11 is 0. The second-order valence-corrected chi connectivity index (χ2v) is 8.23. The zero-order valence-electron chi connectivity index (χ0n) is 18.7. The van der Waals surface area contributed by atoms with Crippen molar-refractivity contribution >= 4 is 17.6 Å². The maximum absolute atomic E-state index is 13.5. The molecule has 2 fully saturated rings. The average molecular weight is 489 g/mol. The number of alkyl halides is 3. The summed E-state index contributed by atoms with van der Waals surface area (Å²) in [6, 6.07) is 7.03. The first-order valence-electron chi connectivity index (χ1n) is 11.2. The second kappa shape index (κ2) is 9.61. The normalized spacial score (nSPS) is 17.1. The van der Waals surface area contributed by atoms with Crippen LogP contribution < -0.4 is 14.7 Å². The van der Waals surface area contributed by atoms with E-state index >= 15 is 0 Å². The van der Waals surface area contributed by atoms with Gasteiger partial charge in [0.2, 0.25) is 11.9 Å². The number of ether oxygens (including phenoxy) is 1. The fourth-order valence-electron chi connectivity index (χ4n) is 4.18. The standard InChI is InChI=1S/C23H23F4N7O/c24-19-4-3-16(15-29-19)18-14-20(31-22(30-18)34-10-12-35-13-11-34)32-6-8-33(9-7-32)21-17(23(25,26)27)2-1-5-28-21/h1-5,14-15H,6-13H2. The number of hydrogen-bond acceptors (Lipinski definition) is 8. The Morgan fingerprint density at radius 3 is 2.26 bits per heavy atom. The Labute approximate surface area is 199 Å². The van der Waals surface area contributed by atoms with Crippen LogP contribution in [-0.2, 0) is 10.9 Å². The van der Waals surface area contributed by atoms with Gasteiger partial charge in [0.25, 0.3) is 0 Å². The molecule has 0 radical (unpaired) electrons. The molecule has 0 saturated carbocycles. The van der Waals surface area contributed by atoms with Crippen LogP contribution in [0.3, 0.4) is 0 Å². The van der Waals surface area contributed by atoms with Gasteiger partial charge in [-0.1, -0.05) is 0 Å². The highest BCUT2D eigenvalue weighted by molar-refractivity contribution is 5.65. The predicted octanol–water partition coefficient (Wildman–Crippen LogP) is 3.25. The molecule has 2 aliphatic rings. The number of aromatic nitrogens is 4. The first-order chi connectivity index (χ1) is 16.9. The predicted molar refractivity (Wildman–Crippen MR) is 122 cm³/mol. The van der Waals surface area contributed by atoms with E-state index in [1.54, 1.807) is 17.0 Å². The van der Waals surface area contributed by atoms with Crippen molar-refractivity contribution in [2.75, 3.05) is 67.2 Å². The minimum atomic E-state index is -4.47. The molecule has 184 valence electrons. The highest BCUT2D eigenvalue weighted by atomic mass is 19.4. The summed E-state index contributed by atoms with van der Waals surface area (Å²) in [5.41, 5.74) is 0.498. The largest absolute Gasteiger partial charge is 0.419 e. The van der Waals surface area contributed by atoms with Crippen LogP contribution in [0, 0.1) is 5.95 Å². The Hall–Kier alpha value is -3.54. The van der Waals surface area contributed by atoms with Crippen molar-refractivity contribution in [2.24, 2.45) is 0 Å². The lowest BCUT2D eigenvalue weighted by atomic mass is 10.2. The Kier molecular flexibility index (Phi) is 6.37. The van der Waals surface area contributed by atoms with Gasteiger partial charge in [-0.25, -0.2) is 15.0 Å². The van der Waals surface area contributed by atoms with Crippen LogP contribution in [0.4, 0.5) is 35.1 Å².